The summed E-state index contributed by atoms with van der Waals surface area (Å²) in [6, 6.07) is 0. The molecule has 9 nitrogen and oxygen atoms in total. The minimum absolute atomic E-state index is 0.241. The van der Waals surface area contributed by atoms with Gasteiger partial charge in [-0.05, 0) is 0 Å². The number of ether oxygens (including phenoxy) is 5. The third-order valence-corrected chi connectivity index (χ3v) is 4.19. The van der Waals surface area contributed by atoms with E-state index in [-0.39, 0.29) is 25.0 Å². The molecule has 2 fully saturated rings. The summed E-state index contributed by atoms with van der Waals surface area (Å²) in [5.41, 5.74) is 0. The number of hydrogen-bond acceptors (Lipinski definition) is 9. The zero-order valence-electron chi connectivity index (χ0n) is 14.6. The highest BCUT2D eigenvalue weighted by Gasteiger charge is 2.59. The van der Waals surface area contributed by atoms with Gasteiger partial charge in [-0.2, -0.15) is 0 Å². The first kappa shape index (κ1) is 19.2. The van der Waals surface area contributed by atoms with Crippen LogP contribution in [-0.4, -0.2) is 61.5 Å². The maximum atomic E-state index is 11.6. The molecule has 0 radical (unpaired) electrons. The Morgan fingerprint density at radius 2 is 0.880 bits per heavy atom. The third-order valence-electron chi connectivity index (χ3n) is 4.19. The molecule has 1 aliphatic heterocycles. The molecule has 0 amide bonds. The van der Waals surface area contributed by atoms with E-state index >= 15 is 0 Å². The van der Waals surface area contributed by atoms with Crippen LogP contribution in [0.15, 0.2) is 0 Å². The Balaban J connectivity index is 2.43. The molecule has 140 valence electrons. The molecule has 2 aliphatic rings. The molecule has 0 aromatic carbocycles. The van der Waals surface area contributed by atoms with Crippen LogP contribution in [0.2, 0.25) is 0 Å². The Morgan fingerprint density at radius 3 is 1.16 bits per heavy atom. The second-order valence-electron chi connectivity index (χ2n) is 6.16. The summed E-state index contributed by atoms with van der Waals surface area (Å²) in [6.45, 7) is 5.32. The average Bonchev–Trinajstić information content (AvgIpc) is 2.93. The monoisotopic (exact) mass is 358 g/mol. The maximum absolute atomic E-state index is 11.6. The minimum atomic E-state index is -1.10. The largest absolute Gasteiger partial charge is 0.458 e. The Labute approximate surface area is 144 Å². The first-order valence-electron chi connectivity index (χ1n) is 7.97. The van der Waals surface area contributed by atoms with E-state index in [0.29, 0.717) is 0 Å². The molecule has 1 aliphatic carbocycles. The fourth-order valence-corrected chi connectivity index (χ4v) is 3.47. The van der Waals surface area contributed by atoms with Gasteiger partial charge >= 0.3 is 23.9 Å². The summed E-state index contributed by atoms with van der Waals surface area (Å²) in [6.07, 6.45) is -3.94. The van der Waals surface area contributed by atoms with Crippen molar-refractivity contribution in [3.63, 3.8) is 0 Å². The van der Waals surface area contributed by atoms with E-state index in [1.807, 2.05) is 0 Å². The maximum Gasteiger partial charge on any atom is 0.303 e. The lowest BCUT2D eigenvalue weighted by atomic mass is 9.74. The quantitative estimate of drug-likeness (QED) is 0.505. The molecule has 9 heteroatoms. The van der Waals surface area contributed by atoms with E-state index in [4.69, 9.17) is 23.7 Å². The number of carbonyl (C=O) groups excluding carboxylic acids is 4. The lowest BCUT2D eigenvalue weighted by Gasteiger charge is -2.45. The molecule has 25 heavy (non-hydrogen) atoms. The van der Waals surface area contributed by atoms with Gasteiger partial charge in [-0.15, -0.1) is 0 Å². The van der Waals surface area contributed by atoms with Gasteiger partial charge in [0.2, 0.25) is 0 Å². The molecular formula is C16H22O9. The van der Waals surface area contributed by atoms with E-state index in [1.54, 1.807) is 0 Å². The van der Waals surface area contributed by atoms with Crippen LogP contribution in [0.1, 0.15) is 27.7 Å². The van der Waals surface area contributed by atoms with Crippen LogP contribution in [0.5, 0.6) is 0 Å². The minimum Gasteiger partial charge on any atom is -0.458 e. The van der Waals surface area contributed by atoms with Gasteiger partial charge < -0.3 is 23.7 Å². The van der Waals surface area contributed by atoms with Crippen LogP contribution in [0.3, 0.4) is 0 Å². The van der Waals surface area contributed by atoms with Crippen molar-refractivity contribution in [2.24, 2.45) is 11.8 Å². The Kier molecular flexibility index (Phi) is 5.99. The standard InChI is InChI=1S/C16H22O9/c1-7(17)22-13-11-5-21-6-12(11)14(23-8(2)18)16(25-10(4)20)15(13)24-9(3)19/h11-16H,5-6H2,1-4H3/t11-,12+,13+,14-,15-,16-/m0/s1. The lowest BCUT2D eigenvalue weighted by Crippen LogP contribution is -2.62. The number of carbonyl (C=O) groups is 4. The van der Waals surface area contributed by atoms with Gasteiger partial charge in [0.15, 0.2) is 12.2 Å². The summed E-state index contributed by atoms with van der Waals surface area (Å²) in [7, 11) is 0. The predicted molar refractivity (Wildman–Crippen MR) is 80.0 cm³/mol. The van der Waals surface area contributed by atoms with E-state index in [0.717, 1.165) is 0 Å². The van der Waals surface area contributed by atoms with Gasteiger partial charge in [-0.25, -0.2) is 0 Å². The molecule has 2 rings (SSSR count). The van der Waals surface area contributed by atoms with Crippen molar-refractivity contribution >= 4 is 23.9 Å². The first-order chi connectivity index (χ1) is 11.7. The normalized spacial score (nSPS) is 33.8. The Bertz CT molecular complexity index is 510. The highest BCUT2D eigenvalue weighted by Crippen LogP contribution is 2.41. The zero-order valence-corrected chi connectivity index (χ0v) is 14.6. The van der Waals surface area contributed by atoms with Gasteiger partial charge in [0.1, 0.15) is 12.2 Å². The summed E-state index contributed by atoms with van der Waals surface area (Å²) < 4.78 is 26.8. The van der Waals surface area contributed by atoms with Gasteiger partial charge in [-0.1, -0.05) is 0 Å². The molecule has 0 aromatic heterocycles. The predicted octanol–water partition coefficient (Wildman–Crippen LogP) is -0.0106. The molecule has 1 saturated carbocycles. The summed E-state index contributed by atoms with van der Waals surface area (Å²) in [4.78, 5) is 46.2. The van der Waals surface area contributed by atoms with Crippen LogP contribution in [0, 0.1) is 11.8 Å². The number of fused-ring (bicyclic) bond motifs is 1. The fourth-order valence-electron chi connectivity index (χ4n) is 3.47. The zero-order chi connectivity index (χ0) is 18.7. The molecule has 1 heterocycles. The van der Waals surface area contributed by atoms with Crippen molar-refractivity contribution in [3.05, 3.63) is 0 Å². The summed E-state index contributed by atoms with van der Waals surface area (Å²) in [5, 5.41) is 0. The van der Waals surface area contributed by atoms with E-state index in [1.165, 1.54) is 27.7 Å². The summed E-state index contributed by atoms with van der Waals surface area (Å²) >= 11 is 0. The van der Waals surface area contributed by atoms with E-state index in [9.17, 15) is 19.2 Å². The van der Waals surface area contributed by atoms with Crippen molar-refractivity contribution in [1.29, 1.82) is 0 Å². The van der Waals surface area contributed by atoms with Crippen LogP contribution in [-0.2, 0) is 42.9 Å². The summed E-state index contributed by atoms with van der Waals surface area (Å²) in [5.74, 6) is -3.13. The molecule has 0 N–H and O–H groups in total. The van der Waals surface area contributed by atoms with Crippen molar-refractivity contribution < 1.29 is 42.9 Å². The molecule has 0 bridgehead atoms. The molecule has 1 saturated heterocycles. The van der Waals surface area contributed by atoms with E-state index in [2.05, 4.69) is 0 Å². The van der Waals surface area contributed by atoms with Crippen molar-refractivity contribution in [2.45, 2.75) is 52.1 Å². The third kappa shape index (κ3) is 4.47. The SMILES string of the molecule is CC(=O)O[C@@H]1[C@@H](OC(C)=O)[C@@H](OC(C)=O)[C@@H]2COC[C@@H]2[C@H]1OC(C)=O. The van der Waals surface area contributed by atoms with Gasteiger partial charge in [0.25, 0.3) is 0 Å². The number of hydrogen-bond donors (Lipinski definition) is 0. The topological polar surface area (TPSA) is 114 Å². The lowest BCUT2D eigenvalue weighted by molar-refractivity contribution is -0.225. The fraction of sp³-hybridized carbons (Fsp3) is 0.750. The smallest absolute Gasteiger partial charge is 0.303 e. The molecule has 0 aromatic rings. The molecule has 0 unspecified atom stereocenters. The van der Waals surface area contributed by atoms with Crippen LogP contribution < -0.4 is 0 Å². The van der Waals surface area contributed by atoms with Crippen LogP contribution in [0.25, 0.3) is 0 Å². The highest BCUT2D eigenvalue weighted by molar-refractivity contribution is 5.69. The van der Waals surface area contributed by atoms with Crippen molar-refractivity contribution in [2.75, 3.05) is 13.2 Å². The second-order valence-corrected chi connectivity index (χ2v) is 6.16. The Morgan fingerprint density at radius 1 is 0.600 bits per heavy atom. The number of rotatable bonds is 4. The number of esters is 4. The highest BCUT2D eigenvalue weighted by atomic mass is 16.6. The first-order valence-corrected chi connectivity index (χ1v) is 7.97. The van der Waals surface area contributed by atoms with Gasteiger partial charge in [-0.3, -0.25) is 19.2 Å². The Hall–Kier alpha value is -2.16. The van der Waals surface area contributed by atoms with Crippen molar-refractivity contribution in [3.8, 4) is 0 Å². The van der Waals surface area contributed by atoms with Gasteiger partial charge in [0, 0.05) is 39.5 Å². The van der Waals surface area contributed by atoms with Crippen molar-refractivity contribution in [1.82, 2.24) is 0 Å². The molecular weight excluding hydrogens is 336 g/mol. The van der Waals surface area contributed by atoms with E-state index < -0.39 is 48.3 Å². The van der Waals surface area contributed by atoms with Crippen LogP contribution in [0.4, 0.5) is 0 Å². The van der Waals surface area contributed by atoms with Crippen LogP contribution >= 0.6 is 0 Å². The molecule has 0 spiro atoms. The second kappa shape index (κ2) is 7.81. The molecule has 6 atom stereocenters. The average molecular weight is 358 g/mol. The van der Waals surface area contributed by atoms with Gasteiger partial charge in [0.05, 0.1) is 13.2 Å².